The maximum absolute atomic E-state index is 12.7. The maximum Gasteiger partial charge on any atom is 0.283 e. The number of ether oxygens (including phenoxy) is 1. The van der Waals surface area contributed by atoms with Crippen LogP contribution in [0.4, 0.5) is 11.4 Å². The fourth-order valence-electron chi connectivity index (χ4n) is 2.48. The molecule has 3 rings (SSSR count). The highest BCUT2D eigenvalue weighted by Crippen LogP contribution is 2.32. The van der Waals surface area contributed by atoms with Gasteiger partial charge in [0.1, 0.15) is 16.5 Å². The molecule has 1 N–H and O–H groups in total. The highest BCUT2D eigenvalue weighted by atomic mass is 35.5. The lowest BCUT2D eigenvalue weighted by atomic mass is 10.2. The van der Waals surface area contributed by atoms with E-state index in [9.17, 15) is 9.59 Å². The SMILES string of the molecule is COc1ccc(N2C(=O)C(Cl)=C(Nc3ccc(Cl)cc3C)C2=O)cc1. The molecule has 2 aromatic rings. The van der Waals surface area contributed by atoms with Crippen molar-refractivity contribution in [3.63, 3.8) is 0 Å². The number of nitrogens with one attached hydrogen (secondary N) is 1. The minimum atomic E-state index is -0.578. The van der Waals surface area contributed by atoms with Crippen molar-refractivity contribution in [2.45, 2.75) is 6.92 Å². The number of anilines is 2. The second-order valence-electron chi connectivity index (χ2n) is 5.42. The van der Waals surface area contributed by atoms with E-state index in [1.807, 2.05) is 6.92 Å². The first kappa shape index (κ1) is 17.3. The topological polar surface area (TPSA) is 58.6 Å². The highest BCUT2D eigenvalue weighted by molar-refractivity contribution is 6.53. The summed E-state index contributed by atoms with van der Waals surface area (Å²) in [5.74, 6) is -0.475. The van der Waals surface area contributed by atoms with Crippen molar-refractivity contribution in [2.75, 3.05) is 17.3 Å². The molecule has 0 fully saturated rings. The average Bonchev–Trinajstić information content (AvgIpc) is 2.81. The van der Waals surface area contributed by atoms with Crippen LogP contribution >= 0.6 is 23.2 Å². The van der Waals surface area contributed by atoms with Crippen LogP contribution in [0, 0.1) is 6.92 Å². The van der Waals surface area contributed by atoms with Crippen molar-refractivity contribution in [1.29, 1.82) is 0 Å². The molecule has 7 heteroatoms. The number of aryl methyl sites for hydroxylation is 1. The second kappa shape index (κ2) is 6.78. The normalized spacial score (nSPS) is 14.3. The fraction of sp³-hybridized carbons (Fsp3) is 0.111. The van der Waals surface area contributed by atoms with Crippen LogP contribution in [0.3, 0.4) is 0 Å². The minimum Gasteiger partial charge on any atom is -0.497 e. The Hall–Kier alpha value is -2.50. The first-order valence-corrected chi connectivity index (χ1v) is 8.13. The zero-order valence-corrected chi connectivity index (χ0v) is 15.0. The predicted octanol–water partition coefficient (Wildman–Crippen LogP) is 4.09. The molecule has 0 saturated heterocycles. The molecule has 2 amide bonds. The Morgan fingerprint density at radius 2 is 1.68 bits per heavy atom. The molecular formula is C18H14Cl2N2O3. The number of carbonyl (C=O) groups is 2. The van der Waals surface area contributed by atoms with E-state index in [2.05, 4.69) is 5.32 Å². The average molecular weight is 377 g/mol. The zero-order chi connectivity index (χ0) is 18.1. The van der Waals surface area contributed by atoms with Gasteiger partial charge in [-0.1, -0.05) is 23.2 Å². The molecule has 0 atom stereocenters. The molecule has 1 aliphatic rings. The van der Waals surface area contributed by atoms with E-state index < -0.39 is 11.8 Å². The van der Waals surface area contributed by atoms with Gasteiger partial charge in [0.2, 0.25) is 0 Å². The Labute approximate surface area is 154 Å². The smallest absolute Gasteiger partial charge is 0.283 e. The Bertz CT molecular complexity index is 892. The van der Waals surface area contributed by atoms with Gasteiger partial charge in [0, 0.05) is 10.7 Å². The number of carbonyl (C=O) groups excluding carboxylic acids is 2. The molecule has 128 valence electrons. The molecule has 25 heavy (non-hydrogen) atoms. The Kier molecular flexibility index (Phi) is 4.70. The molecule has 0 bridgehead atoms. The largest absolute Gasteiger partial charge is 0.497 e. The summed E-state index contributed by atoms with van der Waals surface area (Å²) in [5, 5.41) is 3.36. The molecule has 0 saturated carbocycles. The zero-order valence-electron chi connectivity index (χ0n) is 13.5. The van der Waals surface area contributed by atoms with E-state index in [-0.39, 0.29) is 10.7 Å². The second-order valence-corrected chi connectivity index (χ2v) is 6.23. The van der Waals surface area contributed by atoms with E-state index in [0.717, 1.165) is 10.5 Å². The summed E-state index contributed by atoms with van der Waals surface area (Å²) in [6, 6.07) is 11.7. The lowest BCUT2D eigenvalue weighted by Gasteiger charge is -2.16. The molecule has 0 aromatic heterocycles. The van der Waals surface area contributed by atoms with Gasteiger partial charge in [0.25, 0.3) is 11.8 Å². The van der Waals surface area contributed by atoms with E-state index >= 15 is 0 Å². The third-order valence-electron chi connectivity index (χ3n) is 3.81. The van der Waals surface area contributed by atoms with Crippen LogP contribution in [0.5, 0.6) is 5.75 Å². The summed E-state index contributed by atoms with van der Waals surface area (Å²) in [6.45, 7) is 1.84. The van der Waals surface area contributed by atoms with Crippen LogP contribution in [0.15, 0.2) is 53.2 Å². The molecule has 0 radical (unpaired) electrons. The standard InChI is InChI=1S/C18H14Cl2N2O3/c1-10-9-11(19)3-8-14(10)21-16-15(20)17(23)22(18(16)24)12-4-6-13(25-2)7-5-12/h3-9,21H,1-2H3. The van der Waals surface area contributed by atoms with Crippen molar-refractivity contribution >= 4 is 46.4 Å². The number of imide groups is 1. The van der Waals surface area contributed by atoms with Gasteiger partial charge >= 0.3 is 0 Å². The van der Waals surface area contributed by atoms with Gasteiger partial charge in [-0.05, 0) is 55.0 Å². The van der Waals surface area contributed by atoms with Gasteiger partial charge in [-0.3, -0.25) is 9.59 Å². The summed E-state index contributed by atoms with van der Waals surface area (Å²) in [4.78, 5) is 26.2. The van der Waals surface area contributed by atoms with Crippen molar-refractivity contribution in [1.82, 2.24) is 0 Å². The Morgan fingerprint density at radius 3 is 2.28 bits per heavy atom. The van der Waals surface area contributed by atoms with Gasteiger partial charge in [-0.25, -0.2) is 4.90 Å². The number of hydrogen-bond acceptors (Lipinski definition) is 4. The summed E-state index contributed by atoms with van der Waals surface area (Å²) in [5.41, 5.74) is 1.93. The van der Waals surface area contributed by atoms with E-state index in [0.29, 0.717) is 22.1 Å². The molecular weight excluding hydrogens is 363 g/mol. The number of amides is 2. The first-order chi connectivity index (χ1) is 11.9. The summed E-state index contributed by atoms with van der Waals surface area (Å²) >= 11 is 12.1. The predicted molar refractivity (Wildman–Crippen MR) is 98.2 cm³/mol. The molecule has 0 spiro atoms. The number of benzene rings is 2. The lowest BCUT2D eigenvalue weighted by molar-refractivity contribution is -0.120. The quantitative estimate of drug-likeness (QED) is 0.816. The molecule has 1 aliphatic heterocycles. The number of hydrogen-bond donors (Lipinski definition) is 1. The maximum atomic E-state index is 12.7. The van der Waals surface area contributed by atoms with Crippen molar-refractivity contribution in [3.8, 4) is 5.75 Å². The third kappa shape index (κ3) is 3.21. The number of rotatable bonds is 4. The van der Waals surface area contributed by atoms with Crippen LogP contribution in [-0.2, 0) is 9.59 Å². The molecule has 1 heterocycles. The first-order valence-electron chi connectivity index (χ1n) is 7.38. The van der Waals surface area contributed by atoms with E-state index in [1.54, 1.807) is 42.5 Å². The van der Waals surface area contributed by atoms with Crippen LogP contribution in [-0.4, -0.2) is 18.9 Å². The fourth-order valence-corrected chi connectivity index (χ4v) is 2.92. The van der Waals surface area contributed by atoms with Crippen LogP contribution in [0.2, 0.25) is 5.02 Å². The molecule has 0 aliphatic carbocycles. The Morgan fingerprint density at radius 1 is 1.00 bits per heavy atom. The Balaban J connectivity index is 1.90. The van der Waals surface area contributed by atoms with E-state index in [1.165, 1.54) is 7.11 Å². The minimum absolute atomic E-state index is 0.0351. The van der Waals surface area contributed by atoms with Crippen LogP contribution < -0.4 is 15.0 Å². The van der Waals surface area contributed by atoms with Crippen molar-refractivity contribution < 1.29 is 14.3 Å². The van der Waals surface area contributed by atoms with E-state index in [4.69, 9.17) is 27.9 Å². The van der Waals surface area contributed by atoms with Gasteiger partial charge in [-0.15, -0.1) is 0 Å². The number of methoxy groups -OCH3 is 1. The number of halogens is 2. The van der Waals surface area contributed by atoms with Crippen molar-refractivity contribution in [2.24, 2.45) is 0 Å². The van der Waals surface area contributed by atoms with Crippen molar-refractivity contribution in [3.05, 3.63) is 63.8 Å². The number of nitrogens with zero attached hydrogens (tertiary/aromatic N) is 1. The summed E-state index contributed by atoms with van der Waals surface area (Å²) < 4.78 is 5.08. The van der Waals surface area contributed by atoms with Crippen LogP contribution in [0.1, 0.15) is 5.56 Å². The highest BCUT2D eigenvalue weighted by Gasteiger charge is 2.39. The van der Waals surface area contributed by atoms with Gasteiger partial charge in [0.05, 0.1) is 12.8 Å². The summed E-state index contributed by atoms with van der Waals surface area (Å²) in [7, 11) is 1.54. The van der Waals surface area contributed by atoms with Gasteiger partial charge in [0.15, 0.2) is 0 Å². The molecule has 0 unspecified atom stereocenters. The molecule has 5 nitrogen and oxygen atoms in total. The van der Waals surface area contributed by atoms with Crippen LogP contribution in [0.25, 0.3) is 0 Å². The third-order valence-corrected chi connectivity index (χ3v) is 4.39. The monoisotopic (exact) mass is 376 g/mol. The summed E-state index contributed by atoms with van der Waals surface area (Å²) in [6.07, 6.45) is 0. The van der Waals surface area contributed by atoms with Gasteiger partial charge < -0.3 is 10.1 Å². The molecule has 2 aromatic carbocycles. The lowest BCUT2D eigenvalue weighted by Crippen LogP contribution is -2.32. The van der Waals surface area contributed by atoms with Gasteiger partial charge in [-0.2, -0.15) is 0 Å².